The molecule has 0 radical (unpaired) electrons. The third kappa shape index (κ3) is 7.04. The Morgan fingerprint density at radius 3 is 2.65 bits per heavy atom. The van der Waals surface area contributed by atoms with Crippen LogP contribution in [0.25, 0.3) is 10.1 Å². The number of sulfone groups is 1. The molecule has 4 rings (SSSR count). The van der Waals surface area contributed by atoms with Crippen LogP contribution >= 0.6 is 11.3 Å². The summed E-state index contributed by atoms with van der Waals surface area (Å²) in [5.41, 5.74) is 2.25. The first-order valence-corrected chi connectivity index (χ1v) is 15.7. The smallest absolute Gasteiger partial charge is 0.178 e. The van der Waals surface area contributed by atoms with Gasteiger partial charge in [-0.15, -0.1) is 11.3 Å². The molecule has 1 aliphatic rings. The summed E-state index contributed by atoms with van der Waals surface area (Å²) >= 11 is 1.56. The van der Waals surface area contributed by atoms with Crippen LogP contribution in [-0.4, -0.2) is 72.6 Å². The summed E-state index contributed by atoms with van der Waals surface area (Å²) in [6, 6.07) is 11.0. The molecule has 1 fully saturated rings. The van der Waals surface area contributed by atoms with E-state index in [0.717, 1.165) is 83.7 Å². The van der Waals surface area contributed by atoms with E-state index in [2.05, 4.69) is 39.5 Å². The van der Waals surface area contributed by atoms with Crippen molar-refractivity contribution in [1.82, 2.24) is 4.90 Å². The van der Waals surface area contributed by atoms with Gasteiger partial charge in [0.15, 0.2) is 9.84 Å². The molecule has 1 aromatic heterocycles. The molecule has 0 atom stereocenters. The van der Waals surface area contributed by atoms with Crippen molar-refractivity contribution in [2.75, 3.05) is 63.9 Å². The molecule has 0 amide bonds. The molecule has 0 aliphatic carbocycles. The summed E-state index contributed by atoms with van der Waals surface area (Å²) in [7, 11) is -0.620. The highest BCUT2D eigenvalue weighted by atomic mass is 32.2. The van der Waals surface area contributed by atoms with Gasteiger partial charge in [-0.25, -0.2) is 12.8 Å². The SMILES string of the molecule is COCCN1CCC(Nc2cccc3c(CC#N)c(C#CCNc4cc(F)c(S(C)(=O)=O)cc4OC)sc23)CC1. The maximum atomic E-state index is 14.4. The lowest BCUT2D eigenvalue weighted by atomic mass is 10.0. The highest BCUT2D eigenvalue weighted by molar-refractivity contribution is 7.90. The van der Waals surface area contributed by atoms with Crippen molar-refractivity contribution in [3.63, 3.8) is 0 Å². The van der Waals surface area contributed by atoms with E-state index in [1.54, 1.807) is 18.4 Å². The van der Waals surface area contributed by atoms with Crippen molar-refractivity contribution in [3.05, 3.63) is 46.6 Å². The normalized spacial score (nSPS) is 14.4. The zero-order chi connectivity index (χ0) is 28.7. The van der Waals surface area contributed by atoms with Gasteiger partial charge in [0.05, 0.1) is 53.7 Å². The molecule has 3 aromatic rings. The molecule has 212 valence electrons. The molecule has 8 nitrogen and oxygen atoms in total. The average molecular weight is 585 g/mol. The molecule has 2 heterocycles. The average Bonchev–Trinajstić information content (AvgIpc) is 3.28. The van der Waals surface area contributed by atoms with Crippen LogP contribution in [0.4, 0.5) is 15.8 Å². The van der Waals surface area contributed by atoms with Crippen LogP contribution in [-0.2, 0) is 21.0 Å². The predicted molar refractivity (Wildman–Crippen MR) is 158 cm³/mol. The molecule has 0 saturated carbocycles. The number of anilines is 2. The standard InChI is InChI=1S/C29H33FN4O4S2/c1-37-17-16-34-14-10-20(11-15-34)33-24-7-4-6-22-21(9-12-31)27(39-29(22)24)8-5-13-32-25-18-23(30)28(40(3,35)36)19-26(25)38-2/h4,6-7,18-20,32-33H,9-11,13-17H2,1-3H3. The number of methoxy groups -OCH3 is 2. The number of halogens is 1. The van der Waals surface area contributed by atoms with Crippen molar-refractivity contribution in [1.29, 1.82) is 5.26 Å². The molecule has 1 aliphatic heterocycles. The highest BCUT2D eigenvalue weighted by Gasteiger charge is 2.21. The van der Waals surface area contributed by atoms with Gasteiger partial charge in [-0.1, -0.05) is 24.0 Å². The van der Waals surface area contributed by atoms with Crippen molar-refractivity contribution < 1.29 is 22.3 Å². The number of hydrogen-bond donors (Lipinski definition) is 2. The Labute approximate surface area is 239 Å². The minimum atomic E-state index is -3.73. The number of hydrogen-bond acceptors (Lipinski definition) is 9. The Morgan fingerprint density at radius 2 is 1.98 bits per heavy atom. The Balaban J connectivity index is 1.51. The van der Waals surface area contributed by atoms with Gasteiger partial charge in [0.25, 0.3) is 0 Å². The maximum Gasteiger partial charge on any atom is 0.178 e. The third-order valence-corrected chi connectivity index (χ3v) is 9.16. The topological polar surface area (TPSA) is 104 Å². The summed E-state index contributed by atoms with van der Waals surface area (Å²) in [4.78, 5) is 2.81. The van der Waals surface area contributed by atoms with Crippen molar-refractivity contribution in [2.45, 2.75) is 30.2 Å². The van der Waals surface area contributed by atoms with Gasteiger partial charge in [-0.3, -0.25) is 0 Å². The molecular weight excluding hydrogens is 551 g/mol. The second kappa shape index (κ2) is 13.3. The maximum absolute atomic E-state index is 14.4. The Hall–Kier alpha value is -3.35. The first-order valence-electron chi connectivity index (χ1n) is 12.9. The first kappa shape index (κ1) is 29.6. The van der Waals surface area contributed by atoms with Crippen LogP contribution in [0.5, 0.6) is 5.75 Å². The number of ether oxygens (including phenoxy) is 2. The van der Waals surface area contributed by atoms with E-state index in [9.17, 15) is 18.1 Å². The molecule has 0 spiro atoms. The first-order chi connectivity index (χ1) is 19.2. The fourth-order valence-electron chi connectivity index (χ4n) is 4.77. The van der Waals surface area contributed by atoms with E-state index >= 15 is 0 Å². The fraction of sp³-hybridized carbons (Fsp3) is 0.414. The van der Waals surface area contributed by atoms with E-state index < -0.39 is 20.5 Å². The van der Waals surface area contributed by atoms with Crippen molar-refractivity contribution >= 4 is 42.6 Å². The Morgan fingerprint density at radius 1 is 1.20 bits per heavy atom. The number of fused-ring (bicyclic) bond motifs is 1. The molecule has 1 saturated heterocycles. The number of piperidine rings is 1. The third-order valence-electron chi connectivity index (χ3n) is 6.86. The van der Waals surface area contributed by atoms with Gasteiger partial charge in [-0.05, 0) is 18.9 Å². The molecule has 0 bridgehead atoms. The fourth-order valence-corrected chi connectivity index (χ4v) is 6.68. The summed E-state index contributed by atoms with van der Waals surface area (Å²) in [5.74, 6) is 5.58. The van der Waals surface area contributed by atoms with Crippen LogP contribution in [0, 0.1) is 29.0 Å². The second-order valence-electron chi connectivity index (χ2n) is 9.59. The highest BCUT2D eigenvalue weighted by Crippen LogP contribution is 2.37. The minimum absolute atomic E-state index is 0.168. The largest absolute Gasteiger partial charge is 0.495 e. The molecular formula is C29H33FN4O4S2. The van der Waals surface area contributed by atoms with Gasteiger partial charge < -0.3 is 25.0 Å². The van der Waals surface area contributed by atoms with Gasteiger partial charge >= 0.3 is 0 Å². The van der Waals surface area contributed by atoms with Crippen LogP contribution in [0.1, 0.15) is 23.3 Å². The van der Waals surface area contributed by atoms with Gasteiger partial charge in [0.2, 0.25) is 0 Å². The number of nitriles is 1. The van der Waals surface area contributed by atoms with Crippen LogP contribution in [0.2, 0.25) is 0 Å². The Kier molecular flexibility index (Phi) is 9.88. The second-order valence-corrected chi connectivity index (χ2v) is 12.6. The van der Waals surface area contributed by atoms with Crippen LogP contribution in [0.15, 0.2) is 35.2 Å². The lowest BCUT2D eigenvalue weighted by molar-refractivity contribution is 0.132. The number of benzene rings is 2. The van der Waals surface area contributed by atoms with Crippen molar-refractivity contribution in [3.8, 4) is 23.7 Å². The van der Waals surface area contributed by atoms with E-state index in [-0.39, 0.29) is 18.7 Å². The number of rotatable bonds is 10. The Bertz CT molecular complexity index is 1560. The van der Waals surface area contributed by atoms with Crippen LogP contribution < -0.4 is 15.4 Å². The number of likely N-dealkylation sites (tertiary alicyclic amines) is 1. The molecule has 2 aromatic carbocycles. The van der Waals surface area contributed by atoms with E-state index in [4.69, 9.17) is 9.47 Å². The molecule has 40 heavy (non-hydrogen) atoms. The van der Waals surface area contributed by atoms with E-state index in [0.29, 0.717) is 11.7 Å². The predicted octanol–water partition coefficient (Wildman–Crippen LogP) is 4.50. The summed E-state index contributed by atoms with van der Waals surface area (Å²) in [6.45, 7) is 3.91. The minimum Gasteiger partial charge on any atom is -0.495 e. The zero-order valence-electron chi connectivity index (χ0n) is 22.8. The van der Waals surface area contributed by atoms with E-state index in [1.165, 1.54) is 7.11 Å². The number of thiophene rings is 1. The van der Waals surface area contributed by atoms with Gasteiger partial charge in [0, 0.05) is 62.1 Å². The van der Waals surface area contributed by atoms with Gasteiger partial charge in [0.1, 0.15) is 16.5 Å². The van der Waals surface area contributed by atoms with Gasteiger partial charge in [-0.2, -0.15) is 5.26 Å². The number of nitrogens with one attached hydrogen (secondary N) is 2. The molecule has 0 unspecified atom stereocenters. The lowest BCUT2D eigenvalue weighted by Gasteiger charge is -2.32. The zero-order valence-corrected chi connectivity index (χ0v) is 24.5. The molecule has 11 heteroatoms. The summed E-state index contributed by atoms with van der Waals surface area (Å²) in [6.07, 6.45) is 3.28. The van der Waals surface area contributed by atoms with Crippen LogP contribution in [0.3, 0.4) is 0 Å². The summed E-state index contributed by atoms with van der Waals surface area (Å²) < 4.78 is 49.6. The lowest BCUT2D eigenvalue weighted by Crippen LogP contribution is -2.40. The summed E-state index contributed by atoms with van der Waals surface area (Å²) in [5, 5.41) is 17.2. The van der Waals surface area contributed by atoms with Crippen molar-refractivity contribution in [2.24, 2.45) is 0 Å². The van der Waals surface area contributed by atoms with E-state index in [1.807, 2.05) is 12.1 Å². The quantitative estimate of drug-likeness (QED) is 0.336. The molecule has 2 N–H and O–H groups in total. The monoisotopic (exact) mass is 584 g/mol. The number of nitrogens with zero attached hydrogens (tertiary/aromatic N) is 2.